The van der Waals surface area contributed by atoms with Gasteiger partial charge in [-0.05, 0) is 14.1 Å². The van der Waals surface area contributed by atoms with E-state index in [1.165, 1.54) is 0 Å². The molecule has 76 valence electrons. The lowest BCUT2D eigenvalue weighted by Gasteiger charge is -2.33. The molecule has 0 N–H and O–H groups in total. The zero-order chi connectivity index (χ0) is 10.0. The maximum absolute atomic E-state index is 5.69. The summed E-state index contributed by atoms with van der Waals surface area (Å²) in [6, 6.07) is 10.0. The van der Waals surface area contributed by atoms with Gasteiger partial charge < -0.3 is 9.47 Å². The van der Waals surface area contributed by atoms with E-state index in [0.29, 0.717) is 13.2 Å². The number of hydrogen-bond acceptors (Lipinski definition) is 3. The summed E-state index contributed by atoms with van der Waals surface area (Å²) in [5.41, 5.74) is 1.04. The summed E-state index contributed by atoms with van der Waals surface area (Å²) >= 11 is 0. The minimum Gasteiger partial charge on any atom is -0.331 e. The Morgan fingerprint density at radius 2 is 1.64 bits per heavy atom. The SMILES string of the molecule is CN(C)C1(c2ccccc2)OCCO1. The molecule has 0 amide bonds. The quantitative estimate of drug-likeness (QED) is 0.708. The average Bonchev–Trinajstić information content (AvgIpc) is 2.69. The van der Waals surface area contributed by atoms with Crippen molar-refractivity contribution in [3.05, 3.63) is 35.9 Å². The Labute approximate surface area is 84.2 Å². The van der Waals surface area contributed by atoms with Crippen LogP contribution in [0.25, 0.3) is 0 Å². The van der Waals surface area contributed by atoms with Crippen molar-refractivity contribution in [1.82, 2.24) is 4.90 Å². The molecule has 0 aromatic heterocycles. The van der Waals surface area contributed by atoms with Gasteiger partial charge in [-0.2, -0.15) is 0 Å². The van der Waals surface area contributed by atoms with Gasteiger partial charge in [-0.25, -0.2) is 0 Å². The zero-order valence-corrected chi connectivity index (χ0v) is 8.56. The number of benzene rings is 1. The van der Waals surface area contributed by atoms with Crippen molar-refractivity contribution in [2.24, 2.45) is 0 Å². The standard InChI is InChI=1S/C11H15NO2/c1-12(2)11(13-8-9-14-11)10-6-4-3-5-7-10/h3-7H,8-9H2,1-2H3. The topological polar surface area (TPSA) is 21.7 Å². The number of nitrogens with zero attached hydrogens (tertiary/aromatic N) is 1. The summed E-state index contributed by atoms with van der Waals surface area (Å²) in [6.07, 6.45) is 0. The highest BCUT2D eigenvalue weighted by Gasteiger charge is 2.40. The molecular formula is C11H15NO2. The second-order valence-electron chi connectivity index (χ2n) is 3.54. The monoisotopic (exact) mass is 193 g/mol. The molecule has 1 heterocycles. The summed E-state index contributed by atoms with van der Waals surface area (Å²) < 4.78 is 11.4. The van der Waals surface area contributed by atoms with Gasteiger partial charge in [0.05, 0.1) is 13.2 Å². The predicted octanol–water partition coefficient (Wildman–Crippen LogP) is 1.41. The van der Waals surface area contributed by atoms with Gasteiger partial charge in [0.2, 0.25) is 0 Å². The van der Waals surface area contributed by atoms with Crippen molar-refractivity contribution < 1.29 is 9.47 Å². The van der Waals surface area contributed by atoms with Crippen LogP contribution >= 0.6 is 0 Å². The van der Waals surface area contributed by atoms with Gasteiger partial charge in [-0.1, -0.05) is 30.3 Å². The second-order valence-corrected chi connectivity index (χ2v) is 3.54. The average molecular weight is 193 g/mol. The molecule has 2 rings (SSSR count). The molecule has 0 aliphatic carbocycles. The molecule has 14 heavy (non-hydrogen) atoms. The second kappa shape index (κ2) is 3.69. The Hall–Kier alpha value is -0.900. The van der Waals surface area contributed by atoms with E-state index in [9.17, 15) is 0 Å². The van der Waals surface area contributed by atoms with Crippen LogP contribution in [0, 0.1) is 0 Å². The smallest absolute Gasteiger partial charge is 0.258 e. The Kier molecular flexibility index (Phi) is 2.54. The first kappa shape index (κ1) is 9.65. The minimum atomic E-state index is -0.679. The van der Waals surface area contributed by atoms with Gasteiger partial charge in [0.1, 0.15) is 0 Å². The fourth-order valence-electron chi connectivity index (χ4n) is 1.73. The minimum absolute atomic E-state index is 0.646. The van der Waals surface area contributed by atoms with E-state index in [-0.39, 0.29) is 0 Å². The van der Waals surface area contributed by atoms with E-state index < -0.39 is 5.91 Å². The van der Waals surface area contributed by atoms with Crippen LogP contribution < -0.4 is 0 Å². The van der Waals surface area contributed by atoms with Gasteiger partial charge in [-0.3, -0.25) is 4.90 Å². The molecular weight excluding hydrogens is 178 g/mol. The van der Waals surface area contributed by atoms with Crippen molar-refractivity contribution >= 4 is 0 Å². The van der Waals surface area contributed by atoms with Gasteiger partial charge in [0, 0.05) is 5.56 Å². The number of ether oxygens (including phenoxy) is 2. The molecule has 3 heteroatoms. The van der Waals surface area contributed by atoms with Crippen LogP contribution in [-0.2, 0) is 15.4 Å². The third-order valence-corrected chi connectivity index (χ3v) is 2.41. The lowest BCUT2D eigenvalue weighted by molar-refractivity contribution is -0.254. The molecule has 1 saturated heterocycles. The Morgan fingerprint density at radius 1 is 1.07 bits per heavy atom. The number of rotatable bonds is 2. The van der Waals surface area contributed by atoms with Crippen LogP contribution in [0.4, 0.5) is 0 Å². The van der Waals surface area contributed by atoms with E-state index in [1.807, 2.05) is 49.3 Å². The molecule has 0 spiro atoms. The van der Waals surface area contributed by atoms with Crippen molar-refractivity contribution in [2.45, 2.75) is 5.91 Å². The maximum atomic E-state index is 5.69. The van der Waals surface area contributed by atoms with Crippen molar-refractivity contribution in [3.63, 3.8) is 0 Å². The lowest BCUT2D eigenvalue weighted by atomic mass is 10.1. The van der Waals surface area contributed by atoms with Gasteiger partial charge in [0.25, 0.3) is 5.91 Å². The molecule has 0 radical (unpaired) electrons. The highest BCUT2D eigenvalue weighted by molar-refractivity contribution is 5.20. The van der Waals surface area contributed by atoms with Crippen LogP contribution in [0.5, 0.6) is 0 Å². The molecule has 0 atom stereocenters. The predicted molar refractivity (Wildman–Crippen MR) is 53.7 cm³/mol. The zero-order valence-electron chi connectivity index (χ0n) is 8.56. The van der Waals surface area contributed by atoms with E-state index in [0.717, 1.165) is 5.56 Å². The van der Waals surface area contributed by atoms with Crippen LogP contribution in [0.3, 0.4) is 0 Å². The summed E-state index contributed by atoms with van der Waals surface area (Å²) in [5.74, 6) is -0.679. The van der Waals surface area contributed by atoms with Crippen LogP contribution in [0.1, 0.15) is 5.56 Å². The summed E-state index contributed by atoms with van der Waals surface area (Å²) in [6.45, 7) is 1.29. The molecule has 0 unspecified atom stereocenters. The first-order chi connectivity index (χ1) is 6.76. The normalized spacial score (nSPS) is 20.2. The molecule has 1 aliphatic rings. The van der Waals surface area contributed by atoms with Crippen LogP contribution in [0.15, 0.2) is 30.3 Å². The molecule has 1 aliphatic heterocycles. The third-order valence-electron chi connectivity index (χ3n) is 2.41. The molecule has 1 aromatic carbocycles. The Bertz CT molecular complexity index is 291. The van der Waals surface area contributed by atoms with Crippen molar-refractivity contribution in [1.29, 1.82) is 0 Å². The van der Waals surface area contributed by atoms with E-state index in [1.54, 1.807) is 0 Å². The largest absolute Gasteiger partial charge is 0.331 e. The fourth-order valence-corrected chi connectivity index (χ4v) is 1.73. The summed E-state index contributed by atoms with van der Waals surface area (Å²) in [5, 5.41) is 0. The van der Waals surface area contributed by atoms with E-state index in [4.69, 9.17) is 9.47 Å². The van der Waals surface area contributed by atoms with Crippen molar-refractivity contribution in [2.75, 3.05) is 27.3 Å². The third kappa shape index (κ3) is 1.43. The molecule has 1 fully saturated rings. The van der Waals surface area contributed by atoms with E-state index in [2.05, 4.69) is 0 Å². The number of hydrogen-bond donors (Lipinski definition) is 0. The molecule has 3 nitrogen and oxygen atoms in total. The van der Waals surface area contributed by atoms with Crippen LogP contribution in [-0.4, -0.2) is 32.2 Å². The first-order valence-electron chi connectivity index (χ1n) is 4.76. The van der Waals surface area contributed by atoms with Gasteiger partial charge >= 0.3 is 0 Å². The summed E-state index contributed by atoms with van der Waals surface area (Å²) in [4.78, 5) is 1.95. The molecule has 0 bridgehead atoms. The van der Waals surface area contributed by atoms with Gasteiger partial charge in [-0.15, -0.1) is 0 Å². The fraction of sp³-hybridized carbons (Fsp3) is 0.455. The maximum Gasteiger partial charge on any atom is 0.258 e. The highest BCUT2D eigenvalue weighted by atomic mass is 16.8. The molecule has 1 aromatic rings. The Balaban J connectivity index is 2.36. The first-order valence-corrected chi connectivity index (χ1v) is 4.76. The molecule has 0 saturated carbocycles. The lowest BCUT2D eigenvalue weighted by Crippen LogP contribution is -2.42. The van der Waals surface area contributed by atoms with Crippen LogP contribution in [0.2, 0.25) is 0 Å². The van der Waals surface area contributed by atoms with Crippen molar-refractivity contribution in [3.8, 4) is 0 Å². The summed E-state index contributed by atoms with van der Waals surface area (Å²) in [7, 11) is 3.91. The highest BCUT2D eigenvalue weighted by Crippen LogP contribution is 2.32. The van der Waals surface area contributed by atoms with Gasteiger partial charge in [0.15, 0.2) is 0 Å². The Morgan fingerprint density at radius 3 is 2.14 bits per heavy atom. The van der Waals surface area contributed by atoms with E-state index >= 15 is 0 Å².